The Bertz CT molecular complexity index is 852. The highest BCUT2D eigenvalue weighted by atomic mass is 32.2. The number of carbonyl (C=O) groups is 2. The summed E-state index contributed by atoms with van der Waals surface area (Å²) >= 11 is 1.57. The lowest BCUT2D eigenvalue weighted by Crippen LogP contribution is -2.48. The fraction of sp³-hybridized carbons (Fsp3) is 0.440. The second kappa shape index (κ2) is 12.4. The van der Waals surface area contributed by atoms with Gasteiger partial charge in [0.05, 0.1) is 12.9 Å². The number of aryl methyl sites for hydroxylation is 1. The summed E-state index contributed by atoms with van der Waals surface area (Å²) < 4.78 is 5.22. The van der Waals surface area contributed by atoms with Crippen LogP contribution in [-0.2, 0) is 21.9 Å². The predicted molar refractivity (Wildman–Crippen MR) is 128 cm³/mol. The average Bonchev–Trinajstić information content (AvgIpc) is 2.75. The molecule has 0 saturated heterocycles. The van der Waals surface area contributed by atoms with E-state index in [0.29, 0.717) is 24.8 Å². The van der Waals surface area contributed by atoms with E-state index in [0.717, 1.165) is 17.1 Å². The Morgan fingerprint density at radius 2 is 1.77 bits per heavy atom. The van der Waals surface area contributed by atoms with Gasteiger partial charge in [0.25, 0.3) is 0 Å². The first-order chi connectivity index (χ1) is 14.8. The Balaban J connectivity index is 2.06. The van der Waals surface area contributed by atoms with E-state index in [4.69, 9.17) is 4.74 Å². The van der Waals surface area contributed by atoms with Crippen LogP contribution < -0.4 is 10.1 Å². The van der Waals surface area contributed by atoms with Crippen LogP contribution in [0.5, 0.6) is 5.75 Å². The highest BCUT2D eigenvalue weighted by molar-refractivity contribution is 7.99. The second-order valence-electron chi connectivity index (χ2n) is 8.17. The molecule has 2 aromatic carbocycles. The van der Waals surface area contributed by atoms with Gasteiger partial charge in [-0.05, 0) is 43.0 Å². The van der Waals surface area contributed by atoms with E-state index in [-0.39, 0.29) is 11.8 Å². The van der Waals surface area contributed by atoms with Crippen molar-refractivity contribution in [3.63, 3.8) is 0 Å². The third-order valence-electron chi connectivity index (χ3n) is 4.94. The number of hydrogen-bond acceptors (Lipinski definition) is 4. The van der Waals surface area contributed by atoms with Gasteiger partial charge in [-0.3, -0.25) is 9.59 Å². The van der Waals surface area contributed by atoms with Gasteiger partial charge in [-0.1, -0.05) is 55.8 Å². The van der Waals surface area contributed by atoms with Crippen LogP contribution in [0.3, 0.4) is 0 Å². The van der Waals surface area contributed by atoms with Crippen molar-refractivity contribution in [3.8, 4) is 5.75 Å². The Kier molecular flexibility index (Phi) is 9.92. The monoisotopic (exact) mass is 442 g/mol. The molecule has 2 amide bonds. The number of thioether (sulfide) groups is 1. The van der Waals surface area contributed by atoms with Crippen LogP contribution >= 0.6 is 11.8 Å². The van der Waals surface area contributed by atoms with Gasteiger partial charge in [0.2, 0.25) is 11.8 Å². The van der Waals surface area contributed by atoms with Crippen LogP contribution in [0.1, 0.15) is 37.5 Å². The molecule has 0 bridgehead atoms. The highest BCUT2D eigenvalue weighted by Crippen LogP contribution is 2.18. The topological polar surface area (TPSA) is 58.6 Å². The number of methoxy groups -OCH3 is 1. The summed E-state index contributed by atoms with van der Waals surface area (Å²) in [7, 11) is 1.62. The fourth-order valence-electron chi connectivity index (χ4n) is 3.10. The van der Waals surface area contributed by atoms with Crippen molar-refractivity contribution < 1.29 is 14.3 Å². The van der Waals surface area contributed by atoms with Crippen LogP contribution in [0.25, 0.3) is 0 Å². The lowest BCUT2D eigenvalue weighted by atomic mass is 10.1. The number of nitrogens with zero attached hydrogens (tertiary/aromatic N) is 1. The van der Waals surface area contributed by atoms with Gasteiger partial charge < -0.3 is 15.0 Å². The molecule has 1 N–H and O–H groups in total. The van der Waals surface area contributed by atoms with E-state index in [9.17, 15) is 9.59 Å². The van der Waals surface area contributed by atoms with Gasteiger partial charge >= 0.3 is 0 Å². The molecule has 31 heavy (non-hydrogen) atoms. The lowest BCUT2D eigenvalue weighted by molar-refractivity contribution is -0.138. The third-order valence-corrected chi connectivity index (χ3v) is 5.93. The van der Waals surface area contributed by atoms with Crippen molar-refractivity contribution in [2.24, 2.45) is 5.92 Å². The maximum atomic E-state index is 13.1. The zero-order valence-corrected chi connectivity index (χ0v) is 20.0. The molecule has 168 valence electrons. The molecule has 0 spiro atoms. The molecule has 0 heterocycles. The molecule has 0 aromatic heterocycles. The maximum Gasteiger partial charge on any atom is 0.242 e. The molecule has 1 atom stereocenters. The number of benzene rings is 2. The van der Waals surface area contributed by atoms with Crippen LogP contribution in [0.2, 0.25) is 0 Å². The normalized spacial score (nSPS) is 11.8. The molecule has 5 nitrogen and oxygen atoms in total. The van der Waals surface area contributed by atoms with Crippen molar-refractivity contribution >= 4 is 23.6 Å². The first-order valence-corrected chi connectivity index (χ1v) is 11.8. The van der Waals surface area contributed by atoms with Crippen LogP contribution in [0, 0.1) is 12.8 Å². The van der Waals surface area contributed by atoms with Gasteiger partial charge in [-0.2, -0.15) is 0 Å². The number of ether oxygens (including phenoxy) is 1. The smallest absolute Gasteiger partial charge is 0.242 e. The minimum absolute atomic E-state index is 0.0410. The van der Waals surface area contributed by atoms with Crippen molar-refractivity contribution in [1.29, 1.82) is 0 Å². The molecule has 0 radical (unpaired) electrons. The van der Waals surface area contributed by atoms with Gasteiger partial charge in [0.1, 0.15) is 11.8 Å². The van der Waals surface area contributed by atoms with E-state index in [1.165, 1.54) is 11.1 Å². The number of amides is 2. The van der Waals surface area contributed by atoms with Crippen LogP contribution in [0.4, 0.5) is 0 Å². The molecule has 0 unspecified atom stereocenters. The van der Waals surface area contributed by atoms with Crippen molar-refractivity contribution in [1.82, 2.24) is 10.2 Å². The zero-order chi connectivity index (χ0) is 22.8. The van der Waals surface area contributed by atoms with Crippen molar-refractivity contribution in [2.45, 2.75) is 46.0 Å². The van der Waals surface area contributed by atoms with Crippen LogP contribution in [0.15, 0.2) is 48.5 Å². The maximum absolute atomic E-state index is 13.1. The average molecular weight is 443 g/mol. The number of hydrogen-bond donors (Lipinski definition) is 1. The van der Waals surface area contributed by atoms with Gasteiger partial charge in [0.15, 0.2) is 0 Å². The van der Waals surface area contributed by atoms with E-state index < -0.39 is 6.04 Å². The molecule has 2 rings (SSSR count). The molecule has 0 saturated carbocycles. The van der Waals surface area contributed by atoms with Crippen molar-refractivity contribution in [2.75, 3.05) is 19.4 Å². The Morgan fingerprint density at radius 1 is 1.06 bits per heavy atom. The number of rotatable bonds is 11. The second-order valence-corrected chi connectivity index (χ2v) is 9.15. The summed E-state index contributed by atoms with van der Waals surface area (Å²) in [5.41, 5.74) is 3.37. The Hall–Kier alpha value is -2.47. The quantitative estimate of drug-likeness (QED) is 0.559. The molecule has 0 aliphatic heterocycles. The first kappa shape index (κ1) is 24.8. The van der Waals surface area contributed by atoms with Gasteiger partial charge in [-0.25, -0.2) is 0 Å². The number of carbonyl (C=O) groups excluding carboxylic acids is 2. The Morgan fingerprint density at radius 3 is 2.39 bits per heavy atom. The van der Waals surface area contributed by atoms with Gasteiger partial charge in [-0.15, -0.1) is 11.8 Å². The minimum Gasteiger partial charge on any atom is -0.497 e. The fourth-order valence-corrected chi connectivity index (χ4v) is 3.96. The molecule has 0 fully saturated rings. The summed E-state index contributed by atoms with van der Waals surface area (Å²) in [5, 5.41) is 2.95. The van der Waals surface area contributed by atoms with E-state index in [2.05, 4.69) is 30.4 Å². The lowest BCUT2D eigenvalue weighted by Gasteiger charge is -2.29. The Labute approximate surface area is 190 Å². The minimum atomic E-state index is -0.548. The largest absolute Gasteiger partial charge is 0.497 e. The molecule has 2 aromatic rings. The molecule has 0 aliphatic rings. The molecule has 0 aliphatic carbocycles. The first-order valence-electron chi connectivity index (χ1n) is 10.6. The van der Waals surface area contributed by atoms with Crippen LogP contribution in [-0.4, -0.2) is 42.2 Å². The van der Waals surface area contributed by atoms with E-state index in [1.54, 1.807) is 30.7 Å². The van der Waals surface area contributed by atoms with E-state index in [1.807, 2.05) is 44.2 Å². The zero-order valence-electron chi connectivity index (χ0n) is 19.2. The van der Waals surface area contributed by atoms with Gasteiger partial charge in [0, 0.05) is 18.8 Å². The SMILES string of the molecule is COc1ccc(CN(C(=O)CSCc2cccc(C)c2)[C@@H](C)C(=O)NCC(C)C)cc1. The predicted octanol–water partition coefficient (Wildman–Crippen LogP) is 4.43. The third kappa shape index (κ3) is 8.29. The molecule has 6 heteroatoms. The standard InChI is InChI=1S/C25H34N2O3S/c1-18(2)14-26-25(29)20(4)27(15-21-9-11-23(30-5)12-10-21)24(28)17-31-16-22-8-6-7-19(3)13-22/h6-13,18,20H,14-17H2,1-5H3,(H,26,29)/t20-/m0/s1. The molecular formula is C25H34N2O3S. The summed E-state index contributed by atoms with van der Waals surface area (Å²) in [4.78, 5) is 27.5. The molecular weight excluding hydrogens is 408 g/mol. The summed E-state index contributed by atoms with van der Waals surface area (Å²) in [6, 6.07) is 15.3. The van der Waals surface area contributed by atoms with E-state index >= 15 is 0 Å². The van der Waals surface area contributed by atoms with Crippen molar-refractivity contribution in [3.05, 3.63) is 65.2 Å². The summed E-state index contributed by atoms with van der Waals surface area (Å²) in [5.74, 6) is 2.04. The summed E-state index contributed by atoms with van der Waals surface area (Å²) in [6.45, 7) is 8.93. The summed E-state index contributed by atoms with van der Waals surface area (Å²) in [6.07, 6.45) is 0. The highest BCUT2D eigenvalue weighted by Gasteiger charge is 2.26. The number of nitrogens with one attached hydrogen (secondary N) is 1.